The van der Waals surface area contributed by atoms with Gasteiger partial charge in [-0.25, -0.2) is 13.8 Å². The highest BCUT2D eigenvalue weighted by Gasteiger charge is 2.36. The van der Waals surface area contributed by atoms with Gasteiger partial charge in [0.2, 0.25) is 5.06 Å². The van der Waals surface area contributed by atoms with Crippen LogP contribution in [0.3, 0.4) is 0 Å². The van der Waals surface area contributed by atoms with Gasteiger partial charge in [0.05, 0.1) is 23.0 Å². The zero-order valence-electron chi connectivity index (χ0n) is 17.6. The van der Waals surface area contributed by atoms with Crippen molar-refractivity contribution >= 4 is 23.1 Å². The van der Waals surface area contributed by atoms with Crippen molar-refractivity contribution in [2.75, 3.05) is 18.4 Å². The molecule has 180 valence electrons. The number of anilines is 1. The second-order valence-electron chi connectivity index (χ2n) is 7.59. The zero-order valence-corrected chi connectivity index (χ0v) is 18.4. The van der Waals surface area contributed by atoms with E-state index in [1.807, 2.05) is 0 Å². The molecule has 0 radical (unpaired) electrons. The lowest BCUT2D eigenvalue weighted by molar-refractivity contribution is -0.137. The van der Waals surface area contributed by atoms with Crippen LogP contribution in [0.2, 0.25) is 0 Å². The Labute approximate surface area is 195 Å². The summed E-state index contributed by atoms with van der Waals surface area (Å²) >= 11 is 1.02. The molecule has 2 aromatic heterocycles. The van der Waals surface area contributed by atoms with E-state index in [0.29, 0.717) is 11.1 Å². The van der Waals surface area contributed by atoms with E-state index in [4.69, 9.17) is 4.74 Å². The van der Waals surface area contributed by atoms with E-state index in [0.717, 1.165) is 68.1 Å². The normalized spacial score (nSPS) is 16.7. The molecule has 1 aromatic carbocycles. The van der Waals surface area contributed by atoms with E-state index in [1.165, 1.54) is 6.20 Å². The molecule has 34 heavy (non-hydrogen) atoms. The standard InChI is InChI=1S/C22H19F5N4O2S/c23-14-4-1-5-15(24)18(14)19-13(22(25,26)27)6-7-16(30-19)20(32)31-17-11-29-34-21(17)33-12-3-2-9-28-10-8-12/h1,4-7,11-12,28H,2-3,8-10H2,(H,31,32). The summed E-state index contributed by atoms with van der Waals surface area (Å²) in [4.78, 5) is 16.5. The number of benzene rings is 1. The molecule has 0 bridgehead atoms. The number of hydrogen-bond donors (Lipinski definition) is 2. The quantitative estimate of drug-likeness (QED) is 0.469. The molecule has 0 aliphatic carbocycles. The second kappa shape index (κ2) is 10.0. The molecular weight excluding hydrogens is 479 g/mol. The first-order valence-corrected chi connectivity index (χ1v) is 11.2. The molecule has 1 amide bonds. The fraction of sp³-hybridized carbons (Fsp3) is 0.318. The van der Waals surface area contributed by atoms with Gasteiger partial charge in [-0.15, -0.1) is 0 Å². The first-order valence-electron chi connectivity index (χ1n) is 10.4. The van der Waals surface area contributed by atoms with Gasteiger partial charge in [-0.2, -0.15) is 17.5 Å². The molecule has 12 heteroatoms. The van der Waals surface area contributed by atoms with Gasteiger partial charge in [0.15, 0.2) is 0 Å². The first-order chi connectivity index (χ1) is 16.2. The number of amides is 1. The Morgan fingerprint density at radius 3 is 2.62 bits per heavy atom. The summed E-state index contributed by atoms with van der Waals surface area (Å²) in [6, 6.07) is 4.07. The van der Waals surface area contributed by atoms with E-state index in [1.54, 1.807) is 0 Å². The van der Waals surface area contributed by atoms with Crippen molar-refractivity contribution in [2.24, 2.45) is 0 Å². The largest absolute Gasteiger partial charge is 0.478 e. The van der Waals surface area contributed by atoms with E-state index in [2.05, 4.69) is 20.0 Å². The molecule has 1 saturated heterocycles. The lowest BCUT2D eigenvalue weighted by Crippen LogP contribution is -2.20. The van der Waals surface area contributed by atoms with Crippen molar-refractivity contribution in [1.29, 1.82) is 0 Å². The van der Waals surface area contributed by atoms with Gasteiger partial charge in [0.1, 0.15) is 29.1 Å². The number of carbonyl (C=O) groups excluding carboxylic acids is 1. The fourth-order valence-electron chi connectivity index (χ4n) is 3.57. The number of carbonyl (C=O) groups is 1. The predicted octanol–water partition coefficient (Wildman–Crippen LogP) is 5.28. The maximum absolute atomic E-state index is 14.3. The number of pyridine rings is 1. The van der Waals surface area contributed by atoms with E-state index < -0.39 is 46.2 Å². The van der Waals surface area contributed by atoms with Crippen molar-refractivity contribution in [3.63, 3.8) is 0 Å². The Hall–Kier alpha value is -3.12. The average molecular weight is 498 g/mol. The van der Waals surface area contributed by atoms with Gasteiger partial charge in [0, 0.05) is 11.5 Å². The van der Waals surface area contributed by atoms with Gasteiger partial charge >= 0.3 is 6.18 Å². The summed E-state index contributed by atoms with van der Waals surface area (Å²) < 4.78 is 79.1. The molecule has 1 aliphatic heterocycles. The predicted molar refractivity (Wildman–Crippen MR) is 116 cm³/mol. The summed E-state index contributed by atoms with van der Waals surface area (Å²) in [5.41, 5.74) is -3.57. The van der Waals surface area contributed by atoms with Crippen LogP contribution in [0.25, 0.3) is 11.3 Å². The molecule has 3 heterocycles. The van der Waals surface area contributed by atoms with Crippen LogP contribution in [0.15, 0.2) is 36.5 Å². The van der Waals surface area contributed by atoms with Crippen molar-refractivity contribution in [2.45, 2.75) is 31.5 Å². The molecular formula is C22H19F5N4O2S. The number of nitrogens with zero attached hydrogens (tertiary/aromatic N) is 2. The highest BCUT2D eigenvalue weighted by atomic mass is 32.1. The summed E-state index contributed by atoms with van der Waals surface area (Å²) in [7, 11) is 0. The molecule has 6 nitrogen and oxygen atoms in total. The summed E-state index contributed by atoms with van der Waals surface area (Å²) in [6.45, 7) is 1.67. The number of ether oxygens (including phenoxy) is 1. The third-order valence-corrected chi connectivity index (χ3v) is 5.91. The number of hydrogen-bond acceptors (Lipinski definition) is 6. The number of aromatic nitrogens is 2. The van der Waals surface area contributed by atoms with Crippen LogP contribution in [-0.2, 0) is 6.18 Å². The Morgan fingerprint density at radius 2 is 1.88 bits per heavy atom. The SMILES string of the molecule is O=C(Nc1cnsc1OC1CCCNCC1)c1ccc(C(F)(F)F)c(-c2c(F)cccc2F)n1. The third-order valence-electron chi connectivity index (χ3n) is 5.21. The van der Waals surface area contributed by atoms with Crippen LogP contribution < -0.4 is 15.4 Å². The van der Waals surface area contributed by atoms with E-state index >= 15 is 0 Å². The Bertz CT molecular complexity index is 1160. The maximum atomic E-state index is 14.3. The van der Waals surface area contributed by atoms with Crippen LogP contribution in [0.5, 0.6) is 5.06 Å². The van der Waals surface area contributed by atoms with Crippen LogP contribution in [-0.4, -0.2) is 34.5 Å². The third kappa shape index (κ3) is 5.33. The van der Waals surface area contributed by atoms with Crippen molar-refractivity contribution in [1.82, 2.24) is 14.7 Å². The lowest BCUT2D eigenvalue weighted by Gasteiger charge is -2.16. The van der Waals surface area contributed by atoms with Gasteiger partial charge < -0.3 is 15.4 Å². The minimum atomic E-state index is -4.95. The molecule has 3 aromatic rings. The molecule has 1 atom stereocenters. The smallest absolute Gasteiger partial charge is 0.418 e. The van der Waals surface area contributed by atoms with E-state index in [-0.39, 0.29) is 11.8 Å². The minimum absolute atomic E-state index is 0.0778. The maximum Gasteiger partial charge on any atom is 0.418 e. The number of nitrogens with one attached hydrogen (secondary N) is 2. The molecule has 0 saturated carbocycles. The Balaban J connectivity index is 1.62. The van der Waals surface area contributed by atoms with Crippen LogP contribution in [0.1, 0.15) is 35.3 Å². The second-order valence-corrected chi connectivity index (χ2v) is 8.35. The first kappa shape index (κ1) is 24.0. The molecule has 0 spiro atoms. The molecule has 4 rings (SSSR count). The number of alkyl halides is 3. The van der Waals surface area contributed by atoms with Crippen molar-refractivity contribution in [3.8, 4) is 16.3 Å². The topological polar surface area (TPSA) is 76.1 Å². The Morgan fingerprint density at radius 1 is 1.12 bits per heavy atom. The highest BCUT2D eigenvalue weighted by Crippen LogP contribution is 2.38. The Kier molecular flexibility index (Phi) is 7.08. The summed E-state index contributed by atoms with van der Waals surface area (Å²) in [5.74, 6) is -3.34. The number of halogens is 5. The number of rotatable bonds is 5. The average Bonchev–Trinajstić information content (AvgIpc) is 3.04. The molecule has 1 unspecified atom stereocenters. The van der Waals surface area contributed by atoms with Crippen LogP contribution in [0, 0.1) is 11.6 Å². The summed E-state index contributed by atoms with van der Waals surface area (Å²) in [6.07, 6.45) is -1.16. The molecule has 1 aliphatic rings. The minimum Gasteiger partial charge on any atom is -0.478 e. The van der Waals surface area contributed by atoms with Crippen LogP contribution >= 0.6 is 11.5 Å². The van der Waals surface area contributed by atoms with E-state index in [9.17, 15) is 26.7 Å². The van der Waals surface area contributed by atoms with Crippen molar-refractivity contribution in [3.05, 3.63) is 59.4 Å². The van der Waals surface area contributed by atoms with Gasteiger partial charge in [-0.3, -0.25) is 4.79 Å². The molecule has 2 N–H and O–H groups in total. The molecule has 1 fully saturated rings. The zero-order chi connectivity index (χ0) is 24.3. The summed E-state index contributed by atoms with van der Waals surface area (Å²) in [5, 5.41) is 6.13. The highest BCUT2D eigenvalue weighted by molar-refractivity contribution is 7.08. The van der Waals surface area contributed by atoms with Gasteiger partial charge in [-0.1, -0.05) is 6.07 Å². The lowest BCUT2D eigenvalue weighted by atomic mass is 10.0. The monoisotopic (exact) mass is 498 g/mol. The van der Waals surface area contributed by atoms with Gasteiger partial charge in [0.25, 0.3) is 5.91 Å². The van der Waals surface area contributed by atoms with Crippen molar-refractivity contribution < 1.29 is 31.5 Å². The van der Waals surface area contributed by atoms with Gasteiger partial charge in [-0.05, 0) is 56.6 Å². The van der Waals surface area contributed by atoms with Crippen LogP contribution in [0.4, 0.5) is 27.6 Å². The fourth-order valence-corrected chi connectivity index (χ4v) is 4.20.